The molecule has 1 atom stereocenters. The maximum absolute atomic E-state index is 11.6. The second-order valence-electron chi connectivity index (χ2n) is 6.91. The van der Waals surface area contributed by atoms with E-state index in [1.54, 1.807) is 0 Å². The highest BCUT2D eigenvalue weighted by Gasteiger charge is 2.29. The van der Waals surface area contributed by atoms with Gasteiger partial charge in [0, 0.05) is 24.1 Å². The first-order valence-corrected chi connectivity index (χ1v) is 9.00. The van der Waals surface area contributed by atoms with Gasteiger partial charge in [-0.25, -0.2) is 0 Å². The van der Waals surface area contributed by atoms with Crippen LogP contribution >= 0.6 is 0 Å². The van der Waals surface area contributed by atoms with Gasteiger partial charge in [0.15, 0.2) is 0 Å². The van der Waals surface area contributed by atoms with Gasteiger partial charge in [0.2, 0.25) is 0 Å². The van der Waals surface area contributed by atoms with E-state index < -0.39 is 0 Å². The van der Waals surface area contributed by atoms with Crippen molar-refractivity contribution >= 4 is 12.2 Å². The molecule has 124 valence electrons. The zero-order chi connectivity index (χ0) is 15.7. The molecule has 0 saturated heterocycles. The Morgan fingerprint density at radius 2 is 1.95 bits per heavy atom. The van der Waals surface area contributed by atoms with Gasteiger partial charge in [-0.3, -0.25) is 9.79 Å². The van der Waals surface area contributed by atoms with E-state index in [0.717, 1.165) is 32.1 Å². The molecule has 0 N–H and O–H groups in total. The van der Waals surface area contributed by atoms with Gasteiger partial charge in [0.05, 0.1) is 7.11 Å². The van der Waals surface area contributed by atoms with Crippen LogP contribution in [0, 0.1) is 5.41 Å². The van der Waals surface area contributed by atoms with Gasteiger partial charge in [-0.1, -0.05) is 31.4 Å². The largest absolute Gasteiger partial charge is 0.469 e. The molecule has 0 heterocycles. The number of nitrogens with zero attached hydrogens (tertiary/aromatic N) is 1. The van der Waals surface area contributed by atoms with Gasteiger partial charge in [-0.05, 0) is 51.4 Å². The van der Waals surface area contributed by atoms with Crippen molar-refractivity contribution in [2.24, 2.45) is 10.4 Å². The number of esters is 1. The molecule has 1 saturated carbocycles. The normalized spacial score (nSPS) is 29.0. The summed E-state index contributed by atoms with van der Waals surface area (Å²) in [7, 11) is 1.48. The number of aliphatic imine (C=N–C) groups is 1. The Bertz CT molecular complexity index is 396. The first-order chi connectivity index (χ1) is 10.7. The lowest BCUT2D eigenvalue weighted by atomic mass is 9.75. The quantitative estimate of drug-likeness (QED) is 0.414. The fraction of sp³-hybridized carbons (Fsp3) is 0.789. The lowest BCUT2D eigenvalue weighted by Crippen LogP contribution is -2.26. The molecule has 2 rings (SSSR count). The molecule has 1 unspecified atom stereocenters. The number of allylic oxidation sites excluding steroid dienone is 2. The molecule has 0 bridgehead atoms. The Hall–Kier alpha value is -1.12. The molecule has 0 aromatic rings. The number of methoxy groups -OCH3 is 1. The predicted octanol–water partition coefficient (Wildman–Crippen LogP) is 4.85. The van der Waals surface area contributed by atoms with E-state index in [-0.39, 0.29) is 11.4 Å². The first-order valence-electron chi connectivity index (χ1n) is 9.00. The Morgan fingerprint density at radius 1 is 1.18 bits per heavy atom. The van der Waals surface area contributed by atoms with Crippen LogP contribution in [0.3, 0.4) is 0 Å². The van der Waals surface area contributed by atoms with Crippen LogP contribution in [0.25, 0.3) is 0 Å². The van der Waals surface area contributed by atoms with E-state index >= 15 is 0 Å². The second kappa shape index (κ2) is 9.12. The summed E-state index contributed by atoms with van der Waals surface area (Å²) >= 11 is 0. The average molecular weight is 305 g/mol. The van der Waals surface area contributed by atoms with Crippen LogP contribution < -0.4 is 0 Å². The average Bonchev–Trinajstić information content (AvgIpc) is 2.54. The topological polar surface area (TPSA) is 38.7 Å². The molecule has 3 nitrogen and oxygen atoms in total. The molecular formula is C19H31NO2. The van der Waals surface area contributed by atoms with E-state index in [1.165, 1.54) is 45.6 Å². The minimum absolute atomic E-state index is 0.0936. The zero-order valence-electron chi connectivity index (χ0n) is 14.1. The Kier molecular flexibility index (Phi) is 7.14. The van der Waals surface area contributed by atoms with Crippen molar-refractivity contribution in [2.75, 3.05) is 7.11 Å². The molecule has 0 amide bonds. The van der Waals surface area contributed by atoms with E-state index in [1.807, 2.05) is 0 Å². The lowest BCUT2D eigenvalue weighted by molar-refractivity contribution is -0.141. The molecule has 3 heteroatoms. The van der Waals surface area contributed by atoms with Crippen LogP contribution in [-0.2, 0) is 9.53 Å². The minimum Gasteiger partial charge on any atom is -0.469 e. The van der Waals surface area contributed by atoms with E-state index in [0.29, 0.717) is 12.5 Å². The minimum atomic E-state index is -0.0944. The molecule has 0 aliphatic heterocycles. The summed E-state index contributed by atoms with van der Waals surface area (Å²) in [4.78, 5) is 16.5. The van der Waals surface area contributed by atoms with Gasteiger partial charge in [-0.15, -0.1) is 0 Å². The van der Waals surface area contributed by atoms with E-state index in [2.05, 4.69) is 18.4 Å². The number of carbonyl (C=O) groups is 1. The second-order valence-corrected chi connectivity index (χ2v) is 6.91. The van der Waals surface area contributed by atoms with Crippen LogP contribution in [0.4, 0.5) is 0 Å². The summed E-state index contributed by atoms with van der Waals surface area (Å²) in [6, 6.07) is 0.518. The van der Waals surface area contributed by atoms with Gasteiger partial charge in [0.1, 0.15) is 0 Å². The highest BCUT2D eigenvalue weighted by molar-refractivity contribution is 5.71. The number of hydrogen-bond acceptors (Lipinski definition) is 3. The predicted molar refractivity (Wildman–Crippen MR) is 91.3 cm³/mol. The summed E-state index contributed by atoms with van der Waals surface area (Å²) in [5.41, 5.74) is 0.0936. The van der Waals surface area contributed by atoms with Crippen molar-refractivity contribution < 1.29 is 9.53 Å². The van der Waals surface area contributed by atoms with Crippen LogP contribution in [-0.4, -0.2) is 25.3 Å². The number of rotatable bonds is 5. The van der Waals surface area contributed by atoms with Crippen molar-refractivity contribution in [1.29, 1.82) is 0 Å². The van der Waals surface area contributed by atoms with Gasteiger partial charge >= 0.3 is 5.97 Å². The Morgan fingerprint density at radius 3 is 2.73 bits per heavy atom. The SMILES string of the molecule is COC(=O)CCC1(/C=N\C2CCCCC2)CC/C=C\CCC1. The summed E-state index contributed by atoms with van der Waals surface area (Å²) in [6.45, 7) is 0. The standard InChI is InChI=1S/C19H31NO2/c1-22-18(21)12-15-19(13-8-3-2-4-9-14-19)16-20-17-10-6-5-7-11-17/h2-3,16-17H,4-15H2,1H3/b3-2-,20-16-. The van der Waals surface area contributed by atoms with Gasteiger partial charge in [0.25, 0.3) is 0 Å². The summed E-state index contributed by atoms with van der Waals surface area (Å²) in [5, 5.41) is 0. The molecule has 0 radical (unpaired) electrons. The summed E-state index contributed by atoms with van der Waals surface area (Å²) in [5.74, 6) is -0.0944. The van der Waals surface area contributed by atoms with Crippen LogP contribution in [0.15, 0.2) is 17.1 Å². The van der Waals surface area contributed by atoms with E-state index in [4.69, 9.17) is 9.73 Å². The molecular weight excluding hydrogens is 274 g/mol. The summed E-state index contributed by atoms with van der Waals surface area (Å²) in [6.07, 6.45) is 20.4. The Labute approximate surface area is 135 Å². The highest BCUT2D eigenvalue weighted by Crippen LogP contribution is 2.36. The first kappa shape index (κ1) is 17.2. The molecule has 0 aromatic carbocycles. The molecule has 22 heavy (non-hydrogen) atoms. The number of ether oxygens (including phenoxy) is 1. The summed E-state index contributed by atoms with van der Waals surface area (Å²) < 4.78 is 4.84. The molecule has 2 aliphatic carbocycles. The molecule has 0 aromatic heterocycles. The van der Waals surface area contributed by atoms with E-state index in [9.17, 15) is 4.79 Å². The highest BCUT2D eigenvalue weighted by atomic mass is 16.5. The molecule has 1 fully saturated rings. The van der Waals surface area contributed by atoms with Crippen LogP contribution in [0.2, 0.25) is 0 Å². The number of carbonyl (C=O) groups excluding carboxylic acids is 1. The van der Waals surface area contributed by atoms with Crippen molar-refractivity contribution in [1.82, 2.24) is 0 Å². The third kappa shape index (κ3) is 5.58. The van der Waals surface area contributed by atoms with Crippen molar-refractivity contribution in [3.63, 3.8) is 0 Å². The van der Waals surface area contributed by atoms with Gasteiger partial charge < -0.3 is 4.74 Å². The van der Waals surface area contributed by atoms with Crippen molar-refractivity contribution in [2.45, 2.75) is 83.1 Å². The fourth-order valence-electron chi connectivity index (χ4n) is 3.69. The maximum atomic E-state index is 11.6. The van der Waals surface area contributed by atoms with Crippen molar-refractivity contribution in [3.8, 4) is 0 Å². The third-order valence-corrected chi connectivity index (χ3v) is 5.21. The Balaban J connectivity index is 2.03. The smallest absolute Gasteiger partial charge is 0.305 e. The number of hydrogen-bond donors (Lipinski definition) is 0. The lowest BCUT2D eigenvalue weighted by Gasteiger charge is -2.31. The monoisotopic (exact) mass is 305 g/mol. The third-order valence-electron chi connectivity index (χ3n) is 5.21. The van der Waals surface area contributed by atoms with Crippen molar-refractivity contribution in [3.05, 3.63) is 12.2 Å². The zero-order valence-corrected chi connectivity index (χ0v) is 14.1. The fourth-order valence-corrected chi connectivity index (χ4v) is 3.69. The molecule has 0 spiro atoms. The van der Waals surface area contributed by atoms with Crippen LogP contribution in [0.5, 0.6) is 0 Å². The van der Waals surface area contributed by atoms with Gasteiger partial charge in [-0.2, -0.15) is 0 Å². The van der Waals surface area contributed by atoms with Crippen LogP contribution in [0.1, 0.15) is 77.0 Å². The molecule has 2 aliphatic rings. The maximum Gasteiger partial charge on any atom is 0.305 e.